The van der Waals surface area contributed by atoms with E-state index in [0.29, 0.717) is 0 Å². The molecule has 2 aliphatic rings. The minimum atomic E-state index is 1.04. The molecule has 35 heavy (non-hydrogen) atoms. The van der Waals surface area contributed by atoms with Crippen LogP contribution in [-0.4, -0.2) is 4.98 Å². The summed E-state index contributed by atoms with van der Waals surface area (Å²) in [7, 11) is 0. The highest BCUT2D eigenvalue weighted by Gasteiger charge is 2.25. The van der Waals surface area contributed by atoms with Gasteiger partial charge in [-0.3, -0.25) is 4.98 Å². The highest BCUT2D eigenvalue weighted by atomic mass is 15.1. The third-order valence-electron chi connectivity index (χ3n) is 7.18. The summed E-state index contributed by atoms with van der Waals surface area (Å²) in [5.41, 5.74) is 11.5. The van der Waals surface area contributed by atoms with Gasteiger partial charge in [-0.1, -0.05) is 72.8 Å². The van der Waals surface area contributed by atoms with Crippen molar-refractivity contribution in [2.45, 2.75) is 12.8 Å². The van der Waals surface area contributed by atoms with Crippen molar-refractivity contribution in [1.29, 1.82) is 0 Å². The summed E-state index contributed by atoms with van der Waals surface area (Å²) in [4.78, 5) is 6.60. The first-order valence-corrected chi connectivity index (χ1v) is 12.2. The second-order valence-electron chi connectivity index (χ2n) is 9.15. The van der Waals surface area contributed by atoms with Gasteiger partial charge >= 0.3 is 0 Å². The number of aromatic nitrogens is 1. The molecule has 5 aromatic rings. The number of anilines is 3. The molecule has 0 spiro atoms. The maximum absolute atomic E-state index is 4.36. The van der Waals surface area contributed by atoms with Crippen molar-refractivity contribution < 1.29 is 0 Å². The average molecular weight is 449 g/mol. The molecule has 0 radical (unpaired) electrons. The van der Waals surface area contributed by atoms with E-state index in [1.54, 1.807) is 0 Å². The van der Waals surface area contributed by atoms with E-state index in [1.807, 2.05) is 24.5 Å². The van der Waals surface area contributed by atoms with Crippen LogP contribution in [0.4, 0.5) is 17.1 Å². The Hall–Kier alpha value is -4.43. The molecule has 1 heterocycles. The van der Waals surface area contributed by atoms with E-state index in [4.69, 9.17) is 0 Å². The Balaban J connectivity index is 1.33. The van der Waals surface area contributed by atoms with Crippen LogP contribution in [0.1, 0.15) is 24.0 Å². The van der Waals surface area contributed by atoms with Crippen molar-refractivity contribution in [1.82, 2.24) is 4.98 Å². The van der Waals surface area contributed by atoms with Gasteiger partial charge in [0, 0.05) is 17.6 Å². The molecule has 0 fully saturated rings. The molecule has 166 valence electrons. The smallest absolute Gasteiger partial charge is 0.0644 e. The predicted molar refractivity (Wildman–Crippen MR) is 147 cm³/mol. The number of pyridine rings is 1. The molecular formula is C33H24N2. The van der Waals surface area contributed by atoms with Crippen LogP contribution in [0, 0.1) is 0 Å². The summed E-state index contributed by atoms with van der Waals surface area (Å²) in [6.45, 7) is 0. The van der Waals surface area contributed by atoms with Crippen molar-refractivity contribution in [3.05, 3.63) is 133 Å². The van der Waals surface area contributed by atoms with Gasteiger partial charge in [0.25, 0.3) is 0 Å². The van der Waals surface area contributed by atoms with E-state index < -0.39 is 0 Å². The summed E-state index contributed by atoms with van der Waals surface area (Å²) in [6.07, 6.45) is 10.6. The second kappa shape index (κ2) is 8.11. The number of nitrogens with zero attached hydrogens (tertiary/aromatic N) is 2. The Bertz CT molecular complexity index is 1570. The highest BCUT2D eigenvalue weighted by molar-refractivity contribution is 6.19. The van der Waals surface area contributed by atoms with Crippen LogP contribution in [0.25, 0.3) is 33.0 Å². The van der Waals surface area contributed by atoms with Gasteiger partial charge in [-0.25, -0.2) is 0 Å². The molecule has 0 saturated carbocycles. The number of allylic oxidation sites excluding steroid dienone is 4. The van der Waals surface area contributed by atoms with E-state index in [-0.39, 0.29) is 0 Å². The number of hydrogen-bond acceptors (Lipinski definition) is 2. The maximum Gasteiger partial charge on any atom is 0.0644 e. The lowest BCUT2D eigenvalue weighted by Crippen LogP contribution is -2.09. The fraction of sp³-hybridized carbons (Fsp3) is 0.0606. The van der Waals surface area contributed by atoms with Crippen LogP contribution in [-0.2, 0) is 0 Å². The average Bonchev–Trinajstić information content (AvgIpc) is 3.26. The van der Waals surface area contributed by atoms with Gasteiger partial charge in [0.05, 0.1) is 11.9 Å². The van der Waals surface area contributed by atoms with Crippen LogP contribution in [0.2, 0.25) is 0 Å². The van der Waals surface area contributed by atoms with Gasteiger partial charge in [0.15, 0.2) is 0 Å². The first-order valence-electron chi connectivity index (χ1n) is 12.2. The van der Waals surface area contributed by atoms with Crippen molar-refractivity contribution in [2.24, 2.45) is 0 Å². The summed E-state index contributed by atoms with van der Waals surface area (Å²) < 4.78 is 0. The fourth-order valence-electron chi connectivity index (χ4n) is 5.63. The van der Waals surface area contributed by atoms with Gasteiger partial charge in [0.2, 0.25) is 0 Å². The number of rotatable bonds is 4. The molecule has 0 unspecified atom stereocenters. The zero-order valence-electron chi connectivity index (χ0n) is 19.4. The third-order valence-corrected chi connectivity index (χ3v) is 7.18. The summed E-state index contributed by atoms with van der Waals surface area (Å²) in [5, 5.41) is 2.75. The van der Waals surface area contributed by atoms with Gasteiger partial charge in [-0.05, 0) is 93.4 Å². The molecule has 0 bridgehead atoms. The van der Waals surface area contributed by atoms with Crippen molar-refractivity contribution in [3.8, 4) is 11.1 Å². The summed E-state index contributed by atoms with van der Waals surface area (Å²) >= 11 is 0. The molecular weight excluding hydrogens is 424 g/mol. The van der Waals surface area contributed by atoms with Crippen LogP contribution in [0.5, 0.6) is 0 Å². The molecule has 1 aromatic heterocycles. The third kappa shape index (κ3) is 3.22. The normalized spacial score (nSPS) is 13.8. The van der Waals surface area contributed by atoms with Crippen molar-refractivity contribution in [2.75, 3.05) is 4.90 Å². The molecule has 0 atom stereocenters. The van der Waals surface area contributed by atoms with Crippen LogP contribution >= 0.6 is 0 Å². The minimum Gasteiger partial charge on any atom is -0.309 e. The van der Waals surface area contributed by atoms with Gasteiger partial charge in [-0.15, -0.1) is 0 Å². The van der Waals surface area contributed by atoms with E-state index in [0.717, 1.165) is 29.9 Å². The molecule has 7 rings (SSSR count). The molecule has 2 nitrogen and oxygen atoms in total. The van der Waals surface area contributed by atoms with E-state index in [2.05, 4.69) is 107 Å². The van der Waals surface area contributed by atoms with Crippen LogP contribution < -0.4 is 4.90 Å². The van der Waals surface area contributed by atoms with E-state index in [9.17, 15) is 0 Å². The topological polar surface area (TPSA) is 16.1 Å². The standard InChI is InChI=1S/C33H24N2/c1-2-8-24(9-3-1)35(26-10-7-21-34-22-26)25-17-15-23(16-18-25)27-19-20-32-29-12-5-4-11-28(29)31-14-6-13-30(27)33(31)32/h1-3,5-10,12-22H,4,11H2. The molecule has 2 heteroatoms. The lowest BCUT2D eigenvalue weighted by Gasteiger charge is -2.25. The summed E-state index contributed by atoms with van der Waals surface area (Å²) in [5.74, 6) is 0. The lowest BCUT2D eigenvalue weighted by atomic mass is 9.93. The lowest BCUT2D eigenvalue weighted by molar-refractivity contribution is 1.06. The Morgan fingerprint density at radius 1 is 0.629 bits per heavy atom. The largest absolute Gasteiger partial charge is 0.309 e. The minimum absolute atomic E-state index is 1.04. The van der Waals surface area contributed by atoms with Crippen molar-refractivity contribution >= 4 is 39.0 Å². The molecule has 2 aliphatic carbocycles. The number of hydrogen-bond donors (Lipinski definition) is 0. The first kappa shape index (κ1) is 20.0. The van der Waals surface area contributed by atoms with Crippen LogP contribution in [0.3, 0.4) is 0 Å². The molecule has 0 amide bonds. The Morgan fingerprint density at radius 3 is 2.26 bits per heavy atom. The molecule has 0 N–H and O–H groups in total. The molecule has 4 aromatic carbocycles. The number of fused-ring (bicyclic) bond motifs is 2. The Labute approximate surface area is 205 Å². The zero-order chi connectivity index (χ0) is 23.2. The number of para-hydroxylation sites is 1. The van der Waals surface area contributed by atoms with Crippen LogP contribution in [0.15, 0.2) is 122 Å². The molecule has 0 saturated heterocycles. The SMILES string of the molecule is C1=CC2=C(CC1)c1cccc3c(-c4ccc(N(c5ccccc5)c5cccnc5)cc4)ccc2c13. The summed E-state index contributed by atoms with van der Waals surface area (Å²) in [6, 6.07) is 34.9. The van der Waals surface area contributed by atoms with Crippen molar-refractivity contribution in [3.63, 3.8) is 0 Å². The van der Waals surface area contributed by atoms with E-state index >= 15 is 0 Å². The van der Waals surface area contributed by atoms with Gasteiger partial charge in [-0.2, -0.15) is 0 Å². The fourth-order valence-corrected chi connectivity index (χ4v) is 5.63. The van der Waals surface area contributed by atoms with Gasteiger partial charge in [0.1, 0.15) is 0 Å². The zero-order valence-corrected chi connectivity index (χ0v) is 19.4. The van der Waals surface area contributed by atoms with Gasteiger partial charge < -0.3 is 4.90 Å². The quantitative estimate of drug-likeness (QED) is 0.273. The predicted octanol–water partition coefficient (Wildman–Crippen LogP) is 8.95. The monoisotopic (exact) mass is 448 g/mol. The Kier molecular flexibility index (Phi) is 4.63. The second-order valence-corrected chi connectivity index (χ2v) is 9.15. The molecule has 0 aliphatic heterocycles. The maximum atomic E-state index is 4.36. The van der Waals surface area contributed by atoms with E-state index in [1.165, 1.54) is 44.2 Å². The highest BCUT2D eigenvalue weighted by Crippen LogP contribution is 2.48. The first-order chi connectivity index (χ1) is 17.4. The number of benzene rings is 4. The Morgan fingerprint density at radius 2 is 1.43 bits per heavy atom.